The number of nitrogens with zero attached hydrogens (tertiary/aromatic N) is 2. The van der Waals surface area contributed by atoms with Crippen LogP contribution in [0.25, 0.3) is 0 Å². The number of hydrogen-bond acceptors (Lipinski definition) is 1. The molecule has 1 saturated heterocycles. The van der Waals surface area contributed by atoms with E-state index in [1.165, 1.54) is 5.56 Å². The lowest BCUT2D eigenvalue weighted by molar-refractivity contribution is -0.131. The van der Waals surface area contributed by atoms with Crippen LogP contribution in [-0.2, 0) is 11.2 Å². The van der Waals surface area contributed by atoms with Crippen LogP contribution in [-0.4, -0.2) is 37.0 Å². The van der Waals surface area contributed by atoms with Gasteiger partial charge in [-0.1, -0.05) is 30.3 Å². The molecule has 3 nitrogen and oxygen atoms in total. The van der Waals surface area contributed by atoms with Crippen molar-refractivity contribution in [3.8, 4) is 0 Å². The first-order chi connectivity index (χ1) is 7.86. The van der Waals surface area contributed by atoms with Crippen molar-refractivity contribution in [3.05, 3.63) is 35.9 Å². The van der Waals surface area contributed by atoms with Crippen molar-refractivity contribution in [2.45, 2.75) is 12.8 Å². The molecule has 2 rings (SSSR count). The molecule has 0 saturated carbocycles. The second-order valence-corrected chi connectivity index (χ2v) is 4.04. The second kappa shape index (κ2) is 5.66. The number of carbonyl (C=O) groups is 1. The quantitative estimate of drug-likeness (QED) is 0.745. The Morgan fingerprint density at radius 3 is 2.56 bits per heavy atom. The van der Waals surface area contributed by atoms with E-state index in [0.717, 1.165) is 32.6 Å². The first kappa shape index (κ1) is 11.1. The number of benzene rings is 1. The number of aryl methyl sites for hydroxylation is 1. The van der Waals surface area contributed by atoms with Crippen LogP contribution in [0.4, 0.5) is 0 Å². The van der Waals surface area contributed by atoms with Crippen molar-refractivity contribution in [1.82, 2.24) is 10.2 Å². The Balaban J connectivity index is 1.79. The molecule has 1 heterocycles. The van der Waals surface area contributed by atoms with Crippen LogP contribution in [0, 0.1) is 0 Å². The van der Waals surface area contributed by atoms with Crippen LogP contribution in [0.2, 0.25) is 0 Å². The minimum atomic E-state index is 0.263. The van der Waals surface area contributed by atoms with E-state index < -0.39 is 0 Å². The summed E-state index contributed by atoms with van der Waals surface area (Å²) in [6, 6.07) is 10.2. The molecule has 1 aliphatic rings. The van der Waals surface area contributed by atoms with Crippen molar-refractivity contribution in [1.29, 1.82) is 0 Å². The lowest BCUT2D eigenvalue weighted by Crippen LogP contribution is -2.43. The van der Waals surface area contributed by atoms with Crippen molar-refractivity contribution < 1.29 is 4.79 Å². The molecule has 3 heteroatoms. The third-order valence-electron chi connectivity index (χ3n) is 2.88. The van der Waals surface area contributed by atoms with Gasteiger partial charge < -0.3 is 4.90 Å². The molecule has 16 heavy (non-hydrogen) atoms. The van der Waals surface area contributed by atoms with Gasteiger partial charge in [-0.15, -0.1) is 0 Å². The molecule has 1 aliphatic heterocycles. The topological polar surface area (TPSA) is 34.4 Å². The summed E-state index contributed by atoms with van der Waals surface area (Å²) >= 11 is 0. The van der Waals surface area contributed by atoms with Crippen molar-refractivity contribution in [3.63, 3.8) is 0 Å². The summed E-state index contributed by atoms with van der Waals surface area (Å²) in [5, 5.41) is 4.23. The van der Waals surface area contributed by atoms with Crippen molar-refractivity contribution in [2.24, 2.45) is 0 Å². The van der Waals surface area contributed by atoms with E-state index in [2.05, 4.69) is 17.4 Å². The molecule has 1 amide bonds. The highest BCUT2D eigenvalue weighted by molar-refractivity contribution is 5.76. The molecular weight excluding hydrogens is 200 g/mol. The Labute approximate surface area is 96.5 Å². The van der Waals surface area contributed by atoms with Gasteiger partial charge in [0.05, 0.1) is 0 Å². The number of amides is 1. The molecular formula is C13H17N2O. The number of carbonyl (C=O) groups excluding carboxylic acids is 1. The van der Waals surface area contributed by atoms with Crippen molar-refractivity contribution in [2.75, 3.05) is 26.2 Å². The van der Waals surface area contributed by atoms with Gasteiger partial charge in [0, 0.05) is 32.6 Å². The fourth-order valence-electron chi connectivity index (χ4n) is 1.91. The van der Waals surface area contributed by atoms with Crippen LogP contribution >= 0.6 is 0 Å². The van der Waals surface area contributed by atoms with Gasteiger partial charge in [-0.3, -0.25) is 4.79 Å². The Kier molecular flexibility index (Phi) is 3.94. The first-order valence-corrected chi connectivity index (χ1v) is 5.81. The molecule has 1 fully saturated rings. The lowest BCUT2D eigenvalue weighted by atomic mass is 10.1. The van der Waals surface area contributed by atoms with Crippen LogP contribution in [0.15, 0.2) is 30.3 Å². The lowest BCUT2D eigenvalue weighted by Gasteiger charge is -2.26. The number of rotatable bonds is 3. The Bertz CT molecular complexity index is 331. The second-order valence-electron chi connectivity index (χ2n) is 4.04. The molecule has 1 aromatic rings. The molecule has 1 aromatic carbocycles. The van der Waals surface area contributed by atoms with Gasteiger partial charge in [0.25, 0.3) is 0 Å². The molecule has 1 radical (unpaired) electrons. The molecule has 0 atom stereocenters. The highest BCUT2D eigenvalue weighted by Gasteiger charge is 2.15. The highest BCUT2D eigenvalue weighted by atomic mass is 16.2. The Morgan fingerprint density at radius 2 is 1.88 bits per heavy atom. The van der Waals surface area contributed by atoms with E-state index in [9.17, 15) is 4.79 Å². The monoisotopic (exact) mass is 217 g/mol. The van der Waals surface area contributed by atoms with E-state index in [0.29, 0.717) is 6.42 Å². The summed E-state index contributed by atoms with van der Waals surface area (Å²) in [5.41, 5.74) is 1.23. The SMILES string of the molecule is O=C(CCc1ccccc1)N1CC[N]CC1. The molecule has 0 aliphatic carbocycles. The van der Waals surface area contributed by atoms with Crippen LogP contribution < -0.4 is 5.32 Å². The van der Waals surface area contributed by atoms with Crippen LogP contribution in [0.1, 0.15) is 12.0 Å². The third kappa shape index (κ3) is 3.07. The first-order valence-electron chi connectivity index (χ1n) is 5.81. The maximum atomic E-state index is 11.9. The van der Waals surface area contributed by atoms with Crippen LogP contribution in [0.3, 0.4) is 0 Å². The molecule has 0 aromatic heterocycles. The van der Waals surface area contributed by atoms with Gasteiger partial charge in [0.15, 0.2) is 0 Å². The fraction of sp³-hybridized carbons (Fsp3) is 0.462. The largest absolute Gasteiger partial charge is 0.340 e. The molecule has 0 N–H and O–H groups in total. The summed E-state index contributed by atoms with van der Waals surface area (Å²) in [7, 11) is 0. The van der Waals surface area contributed by atoms with E-state index >= 15 is 0 Å². The number of piperazine rings is 1. The third-order valence-corrected chi connectivity index (χ3v) is 2.88. The molecule has 0 bridgehead atoms. The zero-order valence-electron chi connectivity index (χ0n) is 9.43. The van der Waals surface area contributed by atoms with E-state index in [4.69, 9.17) is 0 Å². The minimum absolute atomic E-state index is 0.263. The smallest absolute Gasteiger partial charge is 0.222 e. The normalized spacial score (nSPS) is 16.1. The van der Waals surface area contributed by atoms with Gasteiger partial charge >= 0.3 is 0 Å². The molecule has 0 spiro atoms. The van der Waals surface area contributed by atoms with E-state index in [-0.39, 0.29) is 5.91 Å². The average Bonchev–Trinajstić information content (AvgIpc) is 2.38. The highest BCUT2D eigenvalue weighted by Crippen LogP contribution is 2.05. The number of hydrogen-bond donors (Lipinski definition) is 0. The fourth-order valence-corrected chi connectivity index (χ4v) is 1.91. The van der Waals surface area contributed by atoms with E-state index in [1.54, 1.807) is 0 Å². The minimum Gasteiger partial charge on any atom is -0.340 e. The van der Waals surface area contributed by atoms with Gasteiger partial charge in [0.1, 0.15) is 0 Å². The van der Waals surface area contributed by atoms with Gasteiger partial charge in [-0.2, -0.15) is 0 Å². The average molecular weight is 217 g/mol. The van der Waals surface area contributed by atoms with Gasteiger partial charge in [-0.05, 0) is 12.0 Å². The zero-order chi connectivity index (χ0) is 11.2. The predicted octanol–water partition coefficient (Wildman–Crippen LogP) is 1.07. The summed E-state index contributed by atoms with van der Waals surface area (Å²) in [4.78, 5) is 13.8. The predicted molar refractivity (Wildman–Crippen MR) is 63.2 cm³/mol. The summed E-state index contributed by atoms with van der Waals surface area (Å²) in [6.07, 6.45) is 1.46. The molecule has 85 valence electrons. The van der Waals surface area contributed by atoms with Crippen molar-refractivity contribution >= 4 is 5.91 Å². The summed E-state index contributed by atoms with van der Waals surface area (Å²) in [6.45, 7) is 3.20. The maximum Gasteiger partial charge on any atom is 0.222 e. The Hall–Kier alpha value is -1.35. The Morgan fingerprint density at radius 1 is 1.19 bits per heavy atom. The van der Waals surface area contributed by atoms with E-state index in [1.807, 2.05) is 23.1 Å². The maximum absolute atomic E-state index is 11.9. The van der Waals surface area contributed by atoms with Crippen LogP contribution in [0.5, 0.6) is 0 Å². The van der Waals surface area contributed by atoms with Gasteiger partial charge in [0.2, 0.25) is 5.91 Å². The summed E-state index contributed by atoms with van der Waals surface area (Å²) in [5.74, 6) is 0.263. The summed E-state index contributed by atoms with van der Waals surface area (Å²) < 4.78 is 0. The van der Waals surface area contributed by atoms with Gasteiger partial charge in [-0.25, -0.2) is 5.32 Å². The molecule has 0 unspecified atom stereocenters. The standard InChI is InChI=1S/C13H17N2O/c16-13(15-10-8-14-9-11-15)7-6-12-4-2-1-3-5-12/h1-5H,6-11H2. The zero-order valence-corrected chi connectivity index (χ0v) is 9.43.